The smallest absolute Gasteiger partial charge is 0.408 e. The normalized spacial score (nSPS) is 22.8. The molecule has 1 atom stereocenters. The van der Waals surface area contributed by atoms with Crippen molar-refractivity contribution in [2.75, 3.05) is 6.61 Å². The fourth-order valence-electron chi connectivity index (χ4n) is 1.53. The molecule has 0 aromatic heterocycles. The van der Waals surface area contributed by atoms with E-state index in [-0.39, 0.29) is 15.6 Å². The Labute approximate surface area is 106 Å². The minimum Gasteiger partial charge on any atom is -0.443 e. The lowest BCUT2D eigenvalue weighted by atomic mass is 10.0. The molecule has 1 aromatic carbocycles. The van der Waals surface area contributed by atoms with Crippen LogP contribution in [0.2, 0.25) is 10.0 Å². The number of carbonyl (C=O) groups is 1. The number of benzene rings is 1. The van der Waals surface area contributed by atoms with E-state index in [0.717, 1.165) is 0 Å². The average Bonchev–Trinajstić information content (AvgIpc) is 2.26. The van der Waals surface area contributed by atoms with Crippen LogP contribution in [0.15, 0.2) is 18.2 Å². The molecule has 0 radical (unpaired) electrons. The van der Waals surface area contributed by atoms with Gasteiger partial charge in [0.1, 0.15) is 6.04 Å². The number of rotatable bonds is 1. The molecule has 0 aliphatic carbocycles. The molecule has 1 saturated heterocycles. The molecule has 1 aliphatic rings. The maximum atomic E-state index is 13.5. The summed E-state index contributed by atoms with van der Waals surface area (Å²) in [5.74, 6) is -3.19. The summed E-state index contributed by atoms with van der Waals surface area (Å²) in [4.78, 5) is 11.0. The molecular weight excluding hydrogens is 275 g/mol. The Hall–Kier alpha value is -1.07. The van der Waals surface area contributed by atoms with Crippen LogP contribution in [0.1, 0.15) is 11.6 Å². The molecule has 0 spiro atoms. The third-order valence-corrected chi connectivity index (χ3v) is 3.10. The fraction of sp³-hybridized carbons (Fsp3) is 0.300. The lowest BCUT2D eigenvalue weighted by Crippen LogP contribution is -2.49. The zero-order valence-corrected chi connectivity index (χ0v) is 9.86. The molecule has 1 aliphatic heterocycles. The SMILES string of the molecule is O=C1N[C@@H](c2ccc(Cl)c(Cl)c2)C(F)(F)CO1. The lowest BCUT2D eigenvalue weighted by Gasteiger charge is -2.31. The number of ether oxygens (including phenoxy) is 1. The van der Waals surface area contributed by atoms with Crippen molar-refractivity contribution in [3.05, 3.63) is 33.8 Å². The molecule has 17 heavy (non-hydrogen) atoms. The summed E-state index contributed by atoms with van der Waals surface area (Å²) in [7, 11) is 0. The van der Waals surface area contributed by atoms with E-state index in [9.17, 15) is 13.6 Å². The van der Waals surface area contributed by atoms with Crippen LogP contribution < -0.4 is 5.32 Å². The molecule has 1 amide bonds. The van der Waals surface area contributed by atoms with E-state index >= 15 is 0 Å². The van der Waals surface area contributed by atoms with Gasteiger partial charge in [-0.25, -0.2) is 13.6 Å². The van der Waals surface area contributed by atoms with Gasteiger partial charge in [0.25, 0.3) is 0 Å². The predicted octanol–water partition coefficient (Wildman–Crippen LogP) is 3.41. The number of alkyl carbamates (subject to hydrolysis) is 1. The standard InChI is InChI=1S/C10H7Cl2F2NO2/c11-6-2-1-5(3-7(6)12)8-10(13,14)4-17-9(16)15-8/h1-3,8H,4H2,(H,15,16)/t8-/m0/s1. The summed E-state index contributed by atoms with van der Waals surface area (Å²) < 4.78 is 31.3. The van der Waals surface area contributed by atoms with Crippen LogP contribution in [0.25, 0.3) is 0 Å². The lowest BCUT2D eigenvalue weighted by molar-refractivity contribution is -0.104. The second-order valence-corrected chi connectivity index (χ2v) is 4.40. The first-order valence-corrected chi connectivity index (χ1v) is 5.42. The van der Waals surface area contributed by atoms with Gasteiger partial charge in [-0.2, -0.15) is 0 Å². The molecule has 0 saturated carbocycles. The fourth-order valence-corrected chi connectivity index (χ4v) is 1.84. The van der Waals surface area contributed by atoms with Crippen molar-refractivity contribution in [3.8, 4) is 0 Å². The number of nitrogens with one attached hydrogen (secondary N) is 1. The molecule has 0 unspecified atom stereocenters. The summed E-state index contributed by atoms with van der Waals surface area (Å²) in [5, 5.41) is 2.47. The minimum absolute atomic E-state index is 0.153. The molecule has 3 nitrogen and oxygen atoms in total. The number of cyclic esters (lactones) is 1. The quantitative estimate of drug-likeness (QED) is 0.857. The number of carbonyl (C=O) groups excluding carboxylic acids is 1. The van der Waals surface area contributed by atoms with E-state index in [1.165, 1.54) is 18.2 Å². The molecule has 1 heterocycles. The Bertz CT molecular complexity index is 468. The van der Waals surface area contributed by atoms with Crippen molar-refractivity contribution in [1.82, 2.24) is 5.32 Å². The van der Waals surface area contributed by atoms with Crippen molar-refractivity contribution in [2.45, 2.75) is 12.0 Å². The van der Waals surface area contributed by atoms with Gasteiger partial charge in [-0.1, -0.05) is 29.3 Å². The van der Waals surface area contributed by atoms with Gasteiger partial charge in [0.2, 0.25) is 0 Å². The van der Waals surface area contributed by atoms with Crippen LogP contribution in [-0.2, 0) is 4.74 Å². The van der Waals surface area contributed by atoms with E-state index in [0.29, 0.717) is 0 Å². The van der Waals surface area contributed by atoms with E-state index in [2.05, 4.69) is 10.1 Å². The molecule has 1 fully saturated rings. The Morgan fingerprint density at radius 2 is 2.06 bits per heavy atom. The highest BCUT2D eigenvalue weighted by Gasteiger charge is 2.46. The summed E-state index contributed by atoms with van der Waals surface area (Å²) in [6, 6.07) is 2.63. The first kappa shape index (κ1) is 12.4. The van der Waals surface area contributed by atoms with E-state index in [4.69, 9.17) is 23.2 Å². The summed E-state index contributed by atoms with van der Waals surface area (Å²) in [6.07, 6.45) is -0.882. The monoisotopic (exact) mass is 281 g/mol. The van der Waals surface area contributed by atoms with E-state index < -0.39 is 24.7 Å². The molecule has 92 valence electrons. The van der Waals surface area contributed by atoms with Crippen LogP contribution >= 0.6 is 23.2 Å². The zero-order valence-electron chi connectivity index (χ0n) is 8.34. The number of hydrogen-bond acceptors (Lipinski definition) is 2. The highest BCUT2D eigenvalue weighted by Crippen LogP contribution is 2.36. The third kappa shape index (κ3) is 2.45. The van der Waals surface area contributed by atoms with Crippen molar-refractivity contribution in [2.24, 2.45) is 0 Å². The zero-order chi connectivity index (χ0) is 12.6. The van der Waals surface area contributed by atoms with Crippen LogP contribution in [0, 0.1) is 0 Å². The largest absolute Gasteiger partial charge is 0.443 e. The highest BCUT2D eigenvalue weighted by molar-refractivity contribution is 6.42. The molecular formula is C10H7Cl2F2NO2. The van der Waals surface area contributed by atoms with Crippen molar-refractivity contribution < 1.29 is 18.3 Å². The minimum atomic E-state index is -3.19. The molecule has 1 aromatic rings. The number of halogens is 4. The summed E-state index contributed by atoms with van der Waals surface area (Å²) in [6.45, 7) is -0.955. The van der Waals surface area contributed by atoms with Gasteiger partial charge in [-0.3, -0.25) is 0 Å². The molecule has 0 bridgehead atoms. The molecule has 2 rings (SSSR count). The van der Waals surface area contributed by atoms with E-state index in [1.54, 1.807) is 0 Å². The van der Waals surface area contributed by atoms with Crippen LogP contribution in [0.5, 0.6) is 0 Å². The van der Waals surface area contributed by atoms with Gasteiger partial charge in [0, 0.05) is 0 Å². The first-order chi connectivity index (χ1) is 7.90. The topological polar surface area (TPSA) is 38.3 Å². The third-order valence-electron chi connectivity index (χ3n) is 2.36. The number of amides is 1. The maximum absolute atomic E-state index is 13.5. The predicted molar refractivity (Wildman–Crippen MR) is 58.6 cm³/mol. The highest BCUT2D eigenvalue weighted by atomic mass is 35.5. The van der Waals surface area contributed by atoms with Crippen LogP contribution in [-0.4, -0.2) is 18.6 Å². The van der Waals surface area contributed by atoms with Crippen LogP contribution in [0.3, 0.4) is 0 Å². The average molecular weight is 282 g/mol. The second-order valence-electron chi connectivity index (χ2n) is 3.59. The van der Waals surface area contributed by atoms with Gasteiger partial charge >= 0.3 is 12.0 Å². The van der Waals surface area contributed by atoms with Crippen molar-refractivity contribution in [3.63, 3.8) is 0 Å². The van der Waals surface area contributed by atoms with Gasteiger partial charge in [0.15, 0.2) is 6.61 Å². The Kier molecular flexibility index (Phi) is 3.14. The number of hydrogen-bond donors (Lipinski definition) is 1. The summed E-state index contributed by atoms with van der Waals surface area (Å²) in [5.41, 5.74) is 0.182. The Balaban J connectivity index is 2.36. The molecule has 1 N–H and O–H groups in total. The summed E-state index contributed by atoms with van der Waals surface area (Å²) >= 11 is 11.4. The van der Waals surface area contributed by atoms with Gasteiger partial charge < -0.3 is 10.1 Å². The van der Waals surface area contributed by atoms with Gasteiger partial charge in [-0.15, -0.1) is 0 Å². The molecule has 7 heteroatoms. The van der Waals surface area contributed by atoms with Crippen molar-refractivity contribution in [1.29, 1.82) is 0 Å². The first-order valence-electron chi connectivity index (χ1n) is 4.66. The Morgan fingerprint density at radius 1 is 1.35 bits per heavy atom. The number of alkyl halides is 2. The van der Waals surface area contributed by atoms with E-state index in [1.807, 2.05) is 0 Å². The second kappa shape index (κ2) is 4.31. The van der Waals surface area contributed by atoms with Crippen LogP contribution in [0.4, 0.5) is 13.6 Å². The van der Waals surface area contributed by atoms with Gasteiger partial charge in [0.05, 0.1) is 10.0 Å². The maximum Gasteiger partial charge on any atom is 0.408 e. The van der Waals surface area contributed by atoms with Crippen molar-refractivity contribution >= 4 is 29.3 Å². The Morgan fingerprint density at radius 3 is 2.71 bits per heavy atom. The van der Waals surface area contributed by atoms with Gasteiger partial charge in [-0.05, 0) is 17.7 Å².